The summed E-state index contributed by atoms with van der Waals surface area (Å²) in [5.41, 5.74) is 8.60. The van der Waals surface area contributed by atoms with E-state index in [-0.39, 0.29) is 0 Å². The monoisotopic (exact) mass is 588 g/mol. The highest BCUT2D eigenvalue weighted by Gasteiger charge is 2.40. The van der Waals surface area contributed by atoms with E-state index < -0.39 is 0 Å². The van der Waals surface area contributed by atoms with Crippen molar-refractivity contribution in [3.8, 4) is 11.6 Å². The fourth-order valence-electron chi connectivity index (χ4n) is 8.21. The maximum absolute atomic E-state index is 5.41. The van der Waals surface area contributed by atoms with Crippen LogP contribution in [0.15, 0.2) is 146 Å². The van der Waals surface area contributed by atoms with Crippen LogP contribution >= 0.6 is 0 Å². The highest BCUT2D eigenvalue weighted by atomic mass is 15.1. The van der Waals surface area contributed by atoms with Crippen LogP contribution in [-0.4, -0.2) is 18.7 Å². The van der Waals surface area contributed by atoms with Crippen molar-refractivity contribution in [1.29, 1.82) is 0 Å². The van der Waals surface area contributed by atoms with Crippen molar-refractivity contribution in [2.24, 2.45) is 11.8 Å². The van der Waals surface area contributed by atoms with Gasteiger partial charge in [0.1, 0.15) is 11.6 Å². The zero-order valence-electron chi connectivity index (χ0n) is 25.0. The van der Waals surface area contributed by atoms with E-state index in [0.29, 0.717) is 11.8 Å². The van der Waals surface area contributed by atoms with Crippen molar-refractivity contribution >= 4 is 71.1 Å². The molecule has 1 saturated carbocycles. The number of hydrogen-bond acceptors (Lipinski definition) is 1. The topological polar surface area (TPSA) is 27.7 Å². The minimum Gasteiger partial charge on any atom is -0.313 e. The van der Waals surface area contributed by atoms with Crippen LogP contribution in [0.4, 0.5) is 0 Å². The fraction of sp³-hybridized carbons (Fsp3) is 0.0714. The SMILES string of the molecule is C1=CC2CC2C(n2c3ccccc3c3cc4c5ccccc5n(-c5cccc(-n6c7ccccc7c7ccccc76)n5)c4cc32)=C1. The third kappa shape index (κ3) is 3.20. The second kappa shape index (κ2) is 8.86. The average molecular weight is 589 g/mol. The van der Waals surface area contributed by atoms with E-state index in [9.17, 15) is 0 Å². The smallest absolute Gasteiger partial charge is 0.140 e. The standard InChI is InChI=1S/C42H28N4/c1-6-17-35-27(12-1)28-13-2-7-18-36(28)45(35)41-21-10-22-42(43-41)46-37-19-8-4-15-30(37)33-24-32-29-14-3-5-16-34(29)44(39(32)25-40(33)46)38-20-9-11-26-23-31(26)38/h1-22,24-26,31H,23H2. The molecule has 0 N–H and O–H groups in total. The molecule has 0 amide bonds. The molecule has 5 aromatic carbocycles. The van der Waals surface area contributed by atoms with Gasteiger partial charge in [-0.2, -0.15) is 0 Å². The first-order valence-corrected chi connectivity index (χ1v) is 16.1. The van der Waals surface area contributed by atoms with Crippen molar-refractivity contribution in [2.75, 3.05) is 0 Å². The Labute approximate surface area is 264 Å². The molecule has 2 unspecified atom stereocenters. The summed E-state index contributed by atoms with van der Waals surface area (Å²) in [6.07, 6.45) is 8.19. The zero-order valence-corrected chi connectivity index (χ0v) is 25.0. The molecule has 0 radical (unpaired) electrons. The third-order valence-electron chi connectivity index (χ3n) is 10.3. The molecule has 9 aromatic rings. The second-order valence-corrected chi connectivity index (χ2v) is 12.8. The number of aromatic nitrogens is 4. The van der Waals surface area contributed by atoms with Crippen LogP contribution < -0.4 is 0 Å². The van der Waals surface area contributed by atoms with E-state index in [1.54, 1.807) is 0 Å². The van der Waals surface area contributed by atoms with Crippen LogP contribution in [0.3, 0.4) is 0 Å². The van der Waals surface area contributed by atoms with Gasteiger partial charge in [0.05, 0.1) is 33.1 Å². The van der Waals surface area contributed by atoms with Gasteiger partial charge in [0.25, 0.3) is 0 Å². The Morgan fingerprint density at radius 1 is 0.457 bits per heavy atom. The molecule has 4 aromatic heterocycles. The summed E-state index contributed by atoms with van der Waals surface area (Å²) in [7, 11) is 0. The maximum atomic E-state index is 5.41. The highest BCUT2D eigenvalue weighted by molar-refractivity contribution is 6.19. The summed E-state index contributed by atoms with van der Waals surface area (Å²) in [5, 5.41) is 7.56. The zero-order chi connectivity index (χ0) is 29.9. The van der Waals surface area contributed by atoms with E-state index in [1.807, 2.05) is 0 Å². The van der Waals surface area contributed by atoms with Crippen LogP contribution in [0.2, 0.25) is 0 Å². The molecular weight excluding hydrogens is 560 g/mol. The Kier molecular flexibility index (Phi) is 4.71. The number of benzene rings is 5. The first kappa shape index (κ1) is 24.5. The highest BCUT2D eigenvalue weighted by Crippen LogP contribution is 2.51. The van der Waals surface area contributed by atoms with Gasteiger partial charge in [0.2, 0.25) is 0 Å². The van der Waals surface area contributed by atoms with E-state index in [4.69, 9.17) is 4.98 Å². The molecule has 4 heteroatoms. The van der Waals surface area contributed by atoms with Gasteiger partial charge in [-0.3, -0.25) is 9.13 Å². The Balaban J connectivity index is 1.22. The summed E-state index contributed by atoms with van der Waals surface area (Å²) >= 11 is 0. The normalized spacial score (nSPS) is 17.5. The number of pyridine rings is 1. The van der Waals surface area contributed by atoms with E-state index in [1.165, 1.54) is 61.0 Å². The van der Waals surface area contributed by atoms with Crippen molar-refractivity contribution in [3.63, 3.8) is 0 Å². The molecule has 0 bridgehead atoms. The van der Waals surface area contributed by atoms with Crippen molar-refractivity contribution < 1.29 is 0 Å². The van der Waals surface area contributed by atoms with Gasteiger partial charge >= 0.3 is 0 Å². The Bertz CT molecular complexity index is 2750. The largest absolute Gasteiger partial charge is 0.313 e. The van der Waals surface area contributed by atoms with E-state index in [2.05, 4.69) is 159 Å². The van der Waals surface area contributed by atoms with Crippen molar-refractivity contribution in [1.82, 2.24) is 18.7 Å². The molecule has 0 aliphatic heterocycles. The van der Waals surface area contributed by atoms with Gasteiger partial charge in [-0.25, -0.2) is 4.98 Å². The lowest BCUT2D eigenvalue weighted by molar-refractivity contribution is 0.935. The van der Waals surface area contributed by atoms with Crippen LogP contribution in [0.5, 0.6) is 0 Å². The lowest BCUT2D eigenvalue weighted by atomic mass is 10.1. The lowest BCUT2D eigenvalue weighted by Gasteiger charge is -2.15. The van der Waals surface area contributed by atoms with Crippen LogP contribution in [0.25, 0.3) is 82.8 Å². The van der Waals surface area contributed by atoms with Gasteiger partial charge in [0, 0.05) is 43.9 Å². The van der Waals surface area contributed by atoms with Gasteiger partial charge in [-0.15, -0.1) is 0 Å². The van der Waals surface area contributed by atoms with Crippen molar-refractivity contribution in [2.45, 2.75) is 6.42 Å². The molecule has 4 heterocycles. The number of para-hydroxylation sites is 4. The van der Waals surface area contributed by atoms with Gasteiger partial charge in [-0.05, 0) is 66.9 Å². The minimum absolute atomic E-state index is 0.593. The summed E-state index contributed by atoms with van der Waals surface area (Å²) in [6.45, 7) is 0. The number of allylic oxidation sites excluding steroid dienone is 4. The third-order valence-corrected chi connectivity index (χ3v) is 10.3. The van der Waals surface area contributed by atoms with Crippen LogP contribution in [-0.2, 0) is 0 Å². The summed E-state index contributed by atoms with van der Waals surface area (Å²) in [5.74, 6) is 3.08. The predicted octanol–water partition coefficient (Wildman–Crippen LogP) is 10.4. The molecule has 0 spiro atoms. The number of fused-ring (bicyclic) bond motifs is 10. The van der Waals surface area contributed by atoms with E-state index in [0.717, 1.165) is 28.2 Å². The minimum atomic E-state index is 0.593. The molecule has 1 fully saturated rings. The molecule has 2 aliphatic rings. The van der Waals surface area contributed by atoms with Gasteiger partial charge in [0.15, 0.2) is 0 Å². The quantitative estimate of drug-likeness (QED) is 0.202. The molecule has 2 aliphatic carbocycles. The van der Waals surface area contributed by atoms with Crippen LogP contribution in [0, 0.1) is 11.8 Å². The molecule has 216 valence electrons. The summed E-state index contributed by atoms with van der Waals surface area (Å²) in [6, 6.07) is 46.1. The van der Waals surface area contributed by atoms with E-state index >= 15 is 0 Å². The maximum Gasteiger partial charge on any atom is 0.140 e. The van der Waals surface area contributed by atoms with Gasteiger partial charge < -0.3 is 4.57 Å². The Hall–Kier alpha value is -5.87. The fourth-order valence-corrected chi connectivity index (χ4v) is 8.21. The predicted molar refractivity (Wildman–Crippen MR) is 191 cm³/mol. The van der Waals surface area contributed by atoms with Crippen LogP contribution in [0.1, 0.15) is 6.42 Å². The Morgan fingerprint density at radius 2 is 0.935 bits per heavy atom. The summed E-state index contributed by atoms with van der Waals surface area (Å²) in [4.78, 5) is 5.41. The molecular formula is C42H28N4. The number of hydrogen-bond donors (Lipinski definition) is 0. The first-order chi connectivity index (χ1) is 22.8. The average Bonchev–Trinajstić information content (AvgIpc) is 3.62. The number of rotatable bonds is 3. The first-order valence-electron chi connectivity index (χ1n) is 16.1. The molecule has 0 saturated heterocycles. The van der Waals surface area contributed by atoms with Gasteiger partial charge in [-0.1, -0.05) is 91.0 Å². The number of nitrogens with zero attached hydrogens (tertiary/aromatic N) is 4. The second-order valence-electron chi connectivity index (χ2n) is 12.8. The lowest BCUT2D eigenvalue weighted by Crippen LogP contribution is -2.03. The van der Waals surface area contributed by atoms with Crippen molar-refractivity contribution in [3.05, 3.63) is 146 Å². The molecule has 4 nitrogen and oxygen atoms in total. The summed E-state index contributed by atoms with van der Waals surface area (Å²) < 4.78 is 7.19. The molecule has 46 heavy (non-hydrogen) atoms. The molecule has 11 rings (SSSR count). The Morgan fingerprint density at radius 3 is 1.52 bits per heavy atom. The molecule has 2 atom stereocenters.